The van der Waals surface area contributed by atoms with Crippen molar-refractivity contribution in [1.82, 2.24) is 0 Å². The molecule has 2 radical (unpaired) electrons. The van der Waals surface area contributed by atoms with Gasteiger partial charge in [0.25, 0.3) is 0 Å². The molecular formula is C39H36SiTi. The van der Waals surface area contributed by atoms with Crippen LogP contribution in [0.4, 0.5) is 0 Å². The number of fused-ring (bicyclic) bond motifs is 2. The van der Waals surface area contributed by atoms with Gasteiger partial charge in [0, 0.05) is 0 Å². The molecule has 0 saturated heterocycles. The van der Waals surface area contributed by atoms with E-state index in [1.54, 1.807) is 0 Å². The average Bonchev–Trinajstić information content (AvgIpc) is 3.61. The van der Waals surface area contributed by atoms with Gasteiger partial charge in [0.1, 0.15) is 9.52 Å². The molecule has 0 bridgehead atoms. The summed E-state index contributed by atoms with van der Waals surface area (Å²) < 4.78 is 0. The molecule has 0 aliphatic rings. The summed E-state index contributed by atoms with van der Waals surface area (Å²) in [6.07, 6.45) is 0. The van der Waals surface area contributed by atoms with Crippen molar-refractivity contribution in [2.24, 2.45) is 0 Å². The molecule has 7 rings (SSSR count). The van der Waals surface area contributed by atoms with E-state index in [2.05, 4.69) is 171 Å². The van der Waals surface area contributed by atoms with Crippen LogP contribution in [-0.4, -0.2) is 9.52 Å². The minimum Gasteiger partial charge on any atom is -0.358 e. The van der Waals surface area contributed by atoms with E-state index in [9.17, 15) is 0 Å². The van der Waals surface area contributed by atoms with Crippen molar-refractivity contribution < 1.29 is 21.7 Å². The zero-order valence-corrected chi connectivity index (χ0v) is 26.7. The fraction of sp³-hybridized carbons (Fsp3) is 0.0256. The van der Waals surface area contributed by atoms with Crippen LogP contribution >= 0.6 is 0 Å². The number of rotatable bonds is 3. The molecule has 41 heavy (non-hydrogen) atoms. The third-order valence-corrected chi connectivity index (χ3v) is 7.61. The first-order valence-corrected chi connectivity index (χ1v) is 14.0. The van der Waals surface area contributed by atoms with Crippen LogP contribution in [0.15, 0.2) is 164 Å². The molecule has 0 N–H and O–H groups in total. The van der Waals surface area contributed by atoms with Crippen LogP contribution in [0.25, 0.3) is 32.7 Å². The van der Waals surface area contributed by atoms with Gasteiger partial charge in [-0.05, 0) is 5.56 Å². The van der Waals surface area contributed by atoms with Gasteiger partial charge in [0.15, 0.2) is 0 Å². The topological polar surface area (TPSA) is 0 Å². The molecule has 200 valence electrons. The molecule has 2 heteroatoms. The van der Waals surface area contributed by atoms with E-state index in [1.165, 1.54) is 48.6 Å². The standard InChI is InChI=1S/C15H11.C12H10Si.C10H9.2CH3.Ti/c1-2-6-12(7-3-1)14-10-4-8-13-9-5-11-15(13)14;1-3-7-11(8-4-1)13-12-9-5-2-6-10-12;1-8-6-9-4-2-3-5-10(9)7-8;;;/h1-11H;1-10H;2-7H,1H3;2*1H3;/q-1;;3*-1;+4. The Labute approximate surface area is 264 Å². The third kappa shape index (κ3) is 9.40. The van der Waals surface area contributed by atoms with E-state index < -0.39 is 0 Å². The SMILES string of the molecule is Cc1cc2ccccc2[cH-]1.[CH3-].[CH3-].[Ti+4].c1ccc(-c2cccc3[cH-]ccc23)cc1.c1ccc([Si]c2ccccc2)cc1. The summed E-state index contributed by atoms with van der Waals surface area (Å²) in [5.41, 5.74) is 3.95. The van der Waals surface area contributed by atoms with Crippen LogP contribution in [0.5, 0.6) is 0 Å². The predicted octanol–water partition coefficient (Wildman–Crippen LogP) is 9.33. The van der Waals surface area contributed by atoms with Crippen LogP contribution in [0.3, 0.4) is 0 Å². The number of benzene rings is 5. The van der Waals surface area contributed by atoms with Crippen molar-refractivity contribution in [2.75, 3.05) is 0 Å². The predicted molar refractivity (Wildman–Crippen MR) is 180 cm³/mol. The second-order valence-corrected chi connectivity index (χ2v) is 10.6. The molecule has 0 fully saturated rings. The second kappa shape index (κ2) is 17.1. The van der Waals surface area contributed by atoms with Crippen molar-refractivity contribution >= 4 is 41.4 Å². The maximum Gasteiger partial charge on any atom is 4.00 e. The number of hydrogen-bond donors (Lipinski definition) is 0. The Bertz CT molecular complexity index is 1610. The van der Waals surface area contributed by atoms with Crippen molar-refractivity contribution in [3.8, 4) is 11.1 Å². The molecule has 0 aromatic heterocycles. The first kappa shape index (κ1) is 33.5. The number of aryl methyl sites for hydroxylation is 1. The molecule has 0 aliphatic heterocycles. The molecule has 0 spiro atoms. The van der Waals surface area contributed by atoms with Gasteiger partial charge in [-0.15, -0.1) is 69.6 Å². The van der Waals surface area contributed by atoms with E-state index >= 15 is 0 Å². The molecule has 0 heterocycles. The normalized spacial score (nSPS) is 9.59. The van der Waals surface area contributed by atoms with Crippen LogP contribution in [0.2, 0.25) is 0 Å². The zero-order valence-electron chi connectivity index (χ0n) is 24.1. The summed E-state index contributed by atoms with van der Waals surface area (Å²) in [4.78, 5) is 0. The van der Waals surface area contributed by atoms with Crippen molar-refractivity contribution in [3.63, 3.8) is 0 Å². The fourth-order valence-electron chi connectivity index (χ4n) is 4.55. The maximum absolute atomic E-state index is 2.20. The quantitative estimate of drug-likeness (QED) is 0.144. The molecule has 0 amide bonds. The van der Waals surface area contributed by atoms with Gasteiger partial charge in [0.05, 0.1) is 0 Å². The van der Waals surface area contributed by atoms with Crippen molar-refractivity contribution in [2.45, 2.75) is 6.92 Å². The largest absolute Gasteiger partial charge is 4.00 e. The summed E-state index contributed by atoms with van der Waals surface area (Å²) in [5.74, 6) is 0. The first-order chi connectivity index (χ1) is 18.8. The third-order valence-electron chi connectivity index (χ3n) is 6.36. The summed E-state index contributed by atoms with van der Waals surface area (Å²) in [7, 11) is 0.777. The van der Waals surface area contributed by atoms with Gasteiger partial charge >= 0.3 is 21.7 Å². The van der Waals surface area contributed by atoms with Crippen LogP contribution < -0.4 is 10.4 Å². The van der Waals surface area contributed by atoms with Gasteiger partial charge in [-0.2, -0.15) is 18.2 Å². The van der Waals surface area contributed by atoms with Gasteiger partial charge < -0.3 is 14.9 Å². The first-order valence-electron chi connectivity index (χ1n) is 13.0. The fourth-order valence-corrected chi connectivity index (χ4v) is 5.60. The average molecular weight is 581 g/mol. The molecule has 0 nitrogen and oxygen atoms in total. The molecule has 0 aliphatic carbocycles. The van der Waals surface area contributed by atoms with Gasteiger partial charge in [-0.3, -0.25) is 0 Å². The van der Waals surface area contributed by atoms with Crippen molar-refractivity contribution in [1.29, 1.82) is 0 Å². The molecule has 0 unspecified atom stereocenters. The molecule has 7 aromatic carbocycles. The van der Waals surface area contributed by atoms with Gasteiger partial charge in [0.2, 0.25) is 0 Å². The Kier molecular flexibility index (Phi) is 14.0. The van der Waals surface area contributed by atoms with Gasteiger partial charge in [-0.1, -0.05) is 126 Å². The summed E-state index contributed by atoms with van der Waals surface area (Å²) in [6.45, 7) is 2.12. The zero-order chi connectivity index (χ0) is 26.0. The molecule has 7 aromatic rings. The van der Waals surface area contributed by atoms with E-state index in [0.717, 1.165) is 9.52 Å². The molecule has 0 saturated carbocycles. The monoisotopic (exact) mass is 580 g/mol. The Hall–Kier alpha value is -3.75. The Morgan fingerprint density at radius 2 is 1.07 bits per heavy atom. The molecule has 0 atom stereocenters. The van der Waals surface area contributed by atoms with Crippen LogP contribution in [0, 0.1) is 21.8 Å². The number of hydrogen-bond acceptors (Lipinski definition) is 0. The van der Waals surface area contributed by atoms with Crippen LogP contribution in [0.1, 0.15) is 5.56 Å². The molecular weight excluding hydrogens is 544 g/mol. The van der Waals surface area contributed by atoms with E-state index in [-0.39, 0.29) is 36.6 Å². The van der Waals surface area contributed by atoms with Gasteiger partial charge in [-0.25, -0.2) is 0 Å². The Balaban J connectivity index is 0.000000211. The minimum absolute atomic E-state index is 0. The summed E-state index contributed by atoms with van der Waals surface area (Å²) >= 11 is 0. The van der Waals surface area contributed by atoms with E-state index in [0.29, 0.717) is 0 Å². The van der Waals surface area contributed by atoms with E-state index in [4.69, 9.17) is 0 Å². The second-order valence-electron chi connectivity index (χ2n) is 9.22. The minimum atomic E-state index is 0. The Morgan fingerprint density at radius 3 is 1.68 bits per heavy atom. The Morgan fingerprint density at radius 1 is 0.537 bits per heavy atom. The summed E-state index contributed by atoms with van der Waals surface area (Å²) in [6, 6.07) is 57.4. The smallest absolute Gasteiger partial charge is 0.358 e. The van der Waals surface area contributed by atoms with Crippen molar-refractivity contribution in [3.05, 3.63) is 184 Å². The van der Waals surface area contributed by atoms with E-state index in [1.807, 2.05) is 0 Å². The van der Waals surface area contributed by atoms with Crippen LogP contribution in [-0.2, 0) is 21.7 Å². The maximum atomic E-state index is 2.20. The summed E-state index contributed by atoms with van der Waals surface area (Å²) in [5, 5.41) is 8.14.